The molecule has 0 spiro atoms. The fourth-order valence-corrected chi connectivity index (χ4v) is 3.02. The van der Waals surface area contributed by atoms with Crippen molar-refractivity contribution in [1.29, 1.82) is 0 Å². The van der Waals surface area contributed by atoms with Crippen molar-refractivity contribution in [3.8, 4) is 5.75 Å². The van der Waals surface area contributed by atoms with E-state index in [1.165, 1.54) is 17.0 Å². The molecule has 0 saturated heterocycles. The third kappa shape index (κ3) is 3.35. The molecule has 2 rings (SSSR count). The second-order valence-electron chi connectivity index (χ2n) is 4.73. The van der Waals surface area contributed by atoms with Crippen molar-refractivity contribution in [3.63, 3.8) is 0 Å². The lowest BCUT2D eigenvalue weighted by atomic mass is 10.1. The highest BCUT2D eigenvalue weighted by Gasteiger charge is 2.13. The summed E-state index contributed by atoms with van der Waals surface area (Å²) in [5, 5.41) is 4.46. The molecular weight excluding hydrogens is 275 g/mol. The number of rotatable bonds is 5. The standard InChI is InChI=1S/C15H19FN2OS/c1-9(13-7-12(16)5-6-14(13)19-4)17-8-15-10(2)18-11(3)20-15/h5-7,9,17H,8H2,1-4H3. The Bertz CT molecular complexity index is 598. The highest BCUT2D eigenvalue weighted by molar-refractivity contribution is 7.11. The van der Waals surface area contributed by atoms with Crippen molar-refractivity contribution in [2.45, 2.75) is 33.4 Å². The van der Waals surface area contributed by atoms with E-state index in [1.807, 2.05) is 20.8 Å². The molecule has 3 nitrogen and oxygen atoms in total. The molecule has 1 N–H and O–H groups in total. The van der Waals surface area contributed by atoms with E-state index in [9.17, 15) is 4.39 Å². The number of nitrogens with one attached hydrogen (secondary N) is 1. The van der Waals surface area contributed by atoms with Crippen molar-refractivity contribution in [2.24, 2.45) is 0 Å². The number of benzene rings is 1. The minimum atomic E-state index is -0.251. The van der Waals surface area contributed by atoms with Gasteiger partial charge in [-0.2, -0.15) is 0 Å². The van der Waals surface area contributed by atoms with Crippen LogP contribution >= 0.6 is 11.3 Å². The smallest absolute Gasteiger partial charge is 0.123 e. The molecule has 1 unspecified atom stereocenters. The predicted octanol–water partition coefficient (Wildman–Crippen LogP) is 3.76. The number of hydrogen-bond donors (Lipinski definition) is 1. The maximum absolute atomic E-state index is 13.4. The van der Waals surface area contributed by atoms with Gasteiger partial charge in [-0.3, -0.25) is 0 Å². The van der Waals surface area contributed by atoms with Crippen LogP contribution in [0.1, 0.15) is 34.1 Å². The number of nitrogens with zero attached hydrogens (tertiary/aromatic N) is 1. The van der Waals surface area contributed by atoms with E-state index in [1.54, 1.807) is 24.5 Å². The Labute approximate surface area is 122 Å². The SMILES string of the molecule is COc1ccc(F)cc1C(C)NCc1sc(C)nc1C. The summed E-state index contributed by atoms with van der Waals surface area (Å²) in [6.07, 6.45) is 0. The van der Waals surface area contributed by atoms with Crippen LogP contribution in [-0.4, -0.2) is 12.1 Å². The zero-order chi connectivity index (χ0) is 14.7. The van der Waals surface area contributed by atoms with E-state index < -0.39 is 0 Å². The van der Waals surface area contributed by atoms with Gasteiger partial charge < -0.3 is 10.1 Å². The molecule has 2 aromatic rings. The summed E-state index contributed by atoms with van der Waals surface area (Å²) in [5.41, 5.74) is 1.88. The van der Waals surface area contributed by atoms with Crippen LogP contribution in [0.15, 0.2) is 18.2 Å². The molecule has 0 aliphatic rings. The number of methoxy groups -OCH3 is 1. The van der Waals surface area contributed by atoms with Crippen LogP contribution in [0.5, 0.6) is 5.75 Å². The lowest BCUT2D eigenvalue weighted by molar-refractivity contribution is 0.400. The first-order valence-corrected chi connectivity index (χ1v) is 7.32. The Morgan fingerprint density at radius 3 is 2.75 bits per heavy atom. The van der Waals surface area contributed by atoms with Gasteiger partial charge in [0.25, 0.3) is 0 Å². The van der Waals surface area contributed by atoms with E-state index in [0.717, 1.165) is 22.8 Å². The van der Waals surface area contributed by atoms with Gasteiger partial charge in [0, 0.05) is 23.0 Å². The molecule has 108 valence electrons. The van der Waals surface area contributed by atoms with Crippen LogP contribution in [0.4, 0.5) is 4.39 Å². The van der Waals surface area contributed by atoms with Gasteiger partial charge in [0.1, 0.15) is 11.6 Å². The lowest BCUT2D eigenvalue weighted by Crippen LogP contribution is -2.18. The first-order chi connectivity index (χ1) is 9.51. The van der Waals surface area contributed by atoms with Gasteiger partial charge in [0.15, 0.2) is 0 Å². The number of halogens is 1. The highest BCUT2D eigenvalue weighted by Crippen LogP contribution is 2.26. The van der Waals surface area contributed by atoms with Crippen LogP contribution in [0.2, 0.25) is 0 Å². The van der Waals surface area contributed by atoms with E-state index in [4.69, 9.17) is 4.74 Å². The molecule has 0 bridgehead atoms. The first kappa shape index (κ1) is 14.9. The zero-order valence-corrected chi connectivity index (χ0v) is 13.0. The summed E-state index contributed by atoms with van der Waals surface area (Å²) >= 11 is 1.69. The van der Waals surface area contributed by atoms with Gasteiger partial charge in [-0.15, -0.1) is 11.3 Å². The second kappa shape index (κ2) is 6.33. The quantitative estimate of drug-likeness (QED) is 0.911. The monoisotopic (exact) mass is 294 g/mol. The maximum atomic E-state index is 13.4. The average molecular weight is 294 g/mol. The Morgan fingerprint density at radius 2 is 2.15 bits per heavy atom. The predicted molar refractivity (Wildman–Crippen MR) is 79.8 cm³/mol. The topological polar surface area (TPSA) is 34.1 Å². The summed E-state index contributed by atoms with van der Waals surface area (Å²) in [5.74, 6) is 0.447. The van der Waals surface area contributed by atoms with Gasteiger partial charge in [-0.25, -0.2) is 9.37 Å². The van der Waals surface area contributed by atoms with Crippen LogP contribution < -0.4 is 10.1 Å². The van der Waals surface area contributed by atoms with Crippen LogP contribution in [0.3, 0.4) is 0 Å². The number of thiazole rings is 1. The summed E-state index contributed by atoms with van der Waals surface area (Å²) in [7, 11) is 1.60. The molecule has 0 aliphatic heterocycles. The lowest BCUT2D eigenvalue weighted by Gasteiger charge is -2.17. The number of ether oxygens (including phenoxy) is 1. The molecular formula is C15H19FN2OS. The summed E-state index contributed by atoms with van der Waals surface area (Å²) < 4.78 is 18.7. The van der Waals surface area contributed by atoms with Crippen molar-refractivity contribution in [1.82, 2.24) is 10.3 Å². The molecule has 20 heavy (non-hydrogen) atoms. The normalized spacial score (nSPS) is 12.4. The van der Waals surface area contributed by atoms with Gasteiger partial charge in [0.05, 0.1) is 17.8 Å². The van der Waals surface area contributed by atoms with Gasteiger partial charge >= 0.3 is 0 Å². The Hall–Kier alpha value is -1.46. The third-order valence-corrected chi connectivity index (χ3v) is 4.30. The highest BCUT2D eigenvalue weighted by atomic mass is 32.1. The summed E-state index contributed by atoms with van der Waals surface area (Å²) in [4.78, 5) is 5.62. The van der Waals surface area contributed by atoms with Gasteiger partial charge in [0.2, 0.25) is 0 Å². The largest absolute Gasteiger partial charge is 0.496 e. The summed E-state index contributed by atoms with van der Waals surface area (Å²) in [6.45, 7) is 6.73. The fraction of sp³-hybridized carbons (Fsp3) is 0.400. The Kier molecular flexibility index (Phi) is 4.73. The van der Waals surface area contributed by atoms with E-state index in [0.29, 0.717) is 5.75 Å². The molecule has 5 heteroatoms. The fourth-order valence-electron chi connectivity index (χ4n) is 2.14. The first-order valence-electron chi connectivity index (χ1n) is 6.51. The Morgan fingerprint density at radius 1 is 1.40 bits per heavy atom. The number of hydrogen-bond acceptors (Lipinski definition) is 4. The van der Waals surface area contributed by atoms with Gasteiger partial charge in [-0.1, -0.05) is 0 Å². The van der Waals surface area contributed by atoms with Crippen LogP contribution in [0, 0.1) is 19.7 Å². The second-order valence-corrected chi connectivity index (χ2v) is 6.02. The van der Waals surface area contributed by atoms with E-state index in [2.05, 4.69) is 10.3 Å². The molecule has 1 heterocycles. The third-order valence-electron chi connectivity index (χ3n) is 3.23. The molecule has 1 aromatic heterocycles. The zero-order valence-electron chi connectivity index (χ0n) is 12.2. The molecule has 0 aliphatic carbocycles. The number of aromatic nitrogens is 1. The van der Waals surface area contributed by atoms with Crippen LogP contribution in [-0.2, 0) is 6.54 Å². The van der Waals surface area contributed by atoms with E-state index >= 15 is 0 Å². The summed E-state index contributed by atoms with van der Waals surface area (Å²) in [6, 6.07) is 4.58. The minimum absolute atomic E-state index is 0.00227. The maximum Gasteiger partial charge on any atom is 0.123 e. The molecule has 0 fully saturated rings. The van der Waals surface area contributed by atoms with Crippen molar-refractivity contribution in [2.75, 3.05) is 7.11 Å². The van der Waals surface area contributed by atoms with Crippen molar-refractivity contribution < 1.29 is 9.13 Å². The minimum Gasteiger partial charge on any atom is -0.496 e. The molecule has 1 aromatic carbocycles. The van der Waals surface area contributed by atoms with E-state index in [-0.39, 0.29) is 11.9 Å². The average Bonchev–Trinajstić information content (AvgIpc) is 2.74. The van der Waals surface area contributed by atoms with Gasteiger partial charge in [-0.05, 0) is 39.0 Å². The van der Waals surface area contributed by atoms with Crippen LogP contribution in [0.25, 0.3) is 0 Å². The molecule has 0 radical (unpaired) electrons. The van der Waals surface area contributed by atoms with Crippen molar-refractivity contribution >= 4 is 11.3 Å². The molecule has 0 saturated carbocycles. The Balaban J connectivity index is 2.10. The molecule has 1 atom stereocenters. The molecule has 0 amide bonds. The van der Waals surface area contributed by atoms with Crippen molar-refractivity contribution in [3.05, 3.63) is 45.2 Å². The number of aryl methyl sites for hydroxylation is 2.